The minimum Gasteiger partial charge on any atom is -0.370 e. The molecule has 0 aromatic carbocycles. The first-order valence-corrected chi connectivity index (χ1v) is 3.31. The molecule has 0 N–H and O–H groups in total. The van der Waals surface area contributed by atoms with E-state index in [4.69, 9.17) is 4.74 Å². The number of epoxide rings is 1. The summed E-state index contributed by atoms with van der Waals surface area (Å²) in [5, 5.41) is 0. The summed E-state index contributed by atoms with van der Waals surface area (Å²) in [7, 11) is 0. The molecule has 1 saturated heterocycles. The van der Waals surface area contributed by atoms with Crippen molar-refractivity contribution in [2.45, 2.75) is 13.0 Å². The lowest BCUT2D eigenvalue weighted by Crippen LogP contribution is -2.09. The lowest BCUT2D eigenvalue weighted by molar-refractivity contribution is -0.269. The second kappa shape index (κ2) is 3.50. The maximum absolute atomic E-state index is 10.7. The zero-order chi connectivity index (χ0) is 8.27. The molecule has 1 atom stereocenters. The Balaban J connectivity index is 2.01. The summed E-state index contributed by atoms with van der Waals surface area (Å²) in [5.41, 5.74) is 0.321. The summed E-state index contributed by atoms with van der Waals surface area (Å²) >= 11 is 0. The molecular formula is C7H10O4. The molecule has 0 aromatic rings. The molecule has 0 bridgehead atoms. The summed E-state index contributed by atoms with van der Waals surface area (Å²) in [6.45, 7) is 5.93. The summed E-state index contributed by atoms with van der Waals surface area (Å²) in [6.07, 6.45) is 0.105. The van der Waals surface area contributed by atoms with E-state index in [9.17, 15) is 4.79 Å². The normalized spacial score (nSPS) is 21.0. The molecule has 0 amide bonds. The molecule has 1 rings (SSSR count). The van der Waals surface area contributed by atoms with Crippen LogP contribution in [0.15, 0.2) is 12.2 Å². The van der Waals surface area contributed by atoms with Gasteiger partial charge in [-0.05, 0) is 6.92 Å². The average Bonchev–Trinajstić information content (AvgIpc) is 2.71. The van der Waals surface area contributed by atoms with E-state index in [1.165, 1.54) is 0 Å². The summed E-state index contributed by atoms with van der Waals surface area (Å²) < 4.78 is 4.81. The van der Waals surface area contributed by atoms with Gasteiger partial charge in [0.1, 0.15) is 12.7 Å². The third-order valence-electron chi connectivity index (χ3n) is 1.14. The minimum absolute atomic E-state index is 0.105. The van der Waals surface area contributed by atoms with Crippen molar-refractivity contribution in [2.24, 2.45) is 0 Å². The van der Waals surface area contributed by atoms with Gasteiger partial charge in [-0.2, -0.15) is 4.89 Å². The summed E-state index contributed by atoms with van der Waals surface area (Å²) in [6, 6.07) is 0. The van der Waals surface area contributed by atoms with Crippen molar-refractivity contribution in [3.05, 3.63) is 12.2 Å². The first-order valence-electron chi connectivity index (χ1n) is 3.31. The minimum atomic E-state index is -0.536. The van der Waals surface area contributed by atoms with Crippen LogP contribution in [0, 0.1) is 0 Å². The van der Waals surface area contributed by atoms with E-state index < -0.39 is 5.97 Å². The number of ether oxygens (including phenoxy) is 1. The third kappa shape index (κ3) is 3.15. The van der Waals surface area contributed by atoms with Gasteiger partial charge in [0.25, 0.3) is 0 Å². The monoisotopic (exact) mass is 158 g/mol. The molecule has 1 heterocycles. The fraction of sp³-hybridized carbons (Fsp3) is 0.571. The van der Waals surface area contributed by atoms with E-state index in [-0.39, 0.29) is 6.10 Å². The van der Waals surface area contributed by atoms with E-state index >= 15 is 0 Å². The van der Waals surface area contributed by atoms with Crippen LogP contribution in [0.2, 0.25) is 0 Å². The van der Waals surface area contributed by atoms with Crippen molar-refractivity contribution in [2.75, 3.05) is 13.2 Å². The standard InChI is InChI=1S/C7H10O4/c1-5(2)7(8)11-10-4-6-3-9-6/h6H,1,3-4H2,2H3. The Labute approximate surface area is 64.7 Å². The third-order valence-corrected chi connectivity index (χ3v) is 1.14. The Kier molecular flexibility index (Phi) is 2.62. The van der Waals surface area contributed by atoms with Gasteiger partial charge in [-0.15, -0.1) is 0 Å². The van der Waals surface area contributed by atoms with E-state index in [2.05, 4.69) is 16.4 Å². The van der Waals surface area contributed by atoms with Gasteiger partial charge in [0.2, 0.25) is 0 Å². The van der Waals surface area contributed by atoms with Gasteiger partial charge >= 0.3 is 5.97 Å². The molecular weight excluding hydrogens is 148 g/mol. The molecule has 1 aliphatic heterocycles. The van der Waals surface area contributed by atoms with E-state index in [1.807, 2.05) is 0 Å². The Hall–Kier alpha value is -0.870. The Morgan fingerprint density at radius 1 is 1.82 bits per heavy atom. The van der Waals surface area contributed by atoms with Crippen LogP contribution in [-0.2, 0) is 19.3 Å². The van der Waals surface area contributed by atoms with Crippen LogP contribution in [0.25, 0.3) is 0 Å². The quantitative estimate of drug-likeness (QED) is 0.258. The van der Waals surface area contributed by atoms with Crippen LogP contribution < -0.4 is 0 Å². The van der Waals surface area contributed by atoms with Gasteiger partial charge in [-0.3, -0.25) is 4.89 Å². The van der Waals surface area contributed by atoms with Crippen molar-refractivity contribution in [1.29, 1.82) is 0 Å². The molecule has 0 saturated carbocycles. The van der Waals surface area contributed by atoms with Crippen molar-refractivity contribution in [1.82, 2.24) is 0 Å². The highest BCUT2D eigenvalue weighted by Crippen LogP contribution is 2.08. The highest BCUT2D eigenvalue weighted by molar-refractivity contribution is 5.86. The fourth-order valence-corrected chi connectivity index (χ4v) is 0.399. The molecule has 62 valence electrons. The predicted octanol–water partition coefficient (Wildman–Crippen LogP) is 0.436. The molecule has 1 fully saturated rings. The molecule has 4 nitrogen and oxygen atoms in total. The molecule has 0 spiro atoms. The van der Waals surface area contributed by atoms with E-state index in [0.717, 1.165) is 0 Å². The van der Waals surface area contributed by atoms with Gasteiger partial charge in [-0.25, -0.2) is 4.79 Å². The number of carbonyl (C=O) groups is 1. The highest BCUT2D eigenvalue weighted by atomic mass is 17.2. The van der Waals surface area contributed by atoms with Crippen LogP contribution in [-0.4, -0.2) is 25.3 Å². The van der Waals surface area contributed by atoms with Crippen molar-refractivity contribution < 1.29 is 19.3 Å². The van der Waals surface area contributed by atoms with Crippen molar-refractivity contribution >= 4 is 5.97 Å². The molecule has 0 aromatic heterocycles. The molecule has 4 heteroatoms. The molecule has 11 heavy (non-hydrogen) atoms. The molecule has 0 radical (unpaired) electrons. The zero-order valence-corrected chi connectivity index (χ0v) is 6.33. The topological polar surface area (TPSA) is 48.1 Å². The van der Waals surface area contributed by atoms with Crippen molar-refractivity contribution in [3.8, 4) is 0 Å². The number of hydrogen-bond acceptors (Lipinski definition) is 4. The lowest BCUT2D eigenvalue weighted by atomic mass is 10.4. The van der Waals surface area contributed by atoms with Crippen molar-refractivity contribution in [3.63, 3.8) is 0 Å². The van der Waals surface area contributed by atoms with Gasteiger partial charge in [0.05, 0.1) is 6.61 Å². The fourth-order valence-electron chi connectivity index (χ4n) is 0.399. The second-order valence-electron chi connectivity index (χ2n) is 2.39. The van der Waals surface area contributed by atoms with Gasteiger partial charge < -0.3 is 4.74 Å². The maximum Gasteiger partial charge on any atom is 0.368 e. The second-order valence-corrected chi connectivity index (χ2v) is 2.39. The Morgan fingerprint density at radius 3 is 2.91 bits per heavy atom. The first kappa shape index (κ1) is 8.23. The van der Waals surface area contributed by atoms with Crippen LogP contribution in [0.4, 0.5) is 0 Å². The number of carbonyl (C=O) groups excluding carboxylic acids is 1. The molecule has 1 aliphatic rings. The van der Waals surface area contributed by atoms with Crippen LogP contribution in [0.3, 0.4) is 0 Å². The average molecular weight is 158 g/mol. The first-order chi connectivity index (χ1) is 5.20. The largest absolute Gasteiger partial charge is 0.370 e. The lowest BCUT2D eigenvalue weighted by Gasteiger charge is -1.99. The molecule has 1 unspecified atom stereocenters. The maximum atomic E-state index is 10.7. The van der Waals surface area contributed by atoms with E-state index in [1.54, 1.807) is 6.92 Å². The summed E-state index contributed by atoms with van der Waals surface area (Å²) in [5.74, 6) is -0.536. The number of hydrogen-bond donors (Lipinski definition) is 0. The van der Waals surface area contributed by atoms with Gasteiger partial charge in [0.15, 0.2) is 0 Å². The van der Waals surface area contributed by atoms with Crippen LogP contribution in [0.1, 0.15) is 6.92 Å². The Bertz CT molecular complexity index is 171. The molecule has 0 aliphatic carbocycles. The number of rotatable bonds is 4. The summed E-state index contributed by atoms with van der Waals surface area (Å²) in [4.78, 5) is 19.5. The predicted molar refractivity (Wildman–Crippen MR) is 36.6 cm³/mol. The highest BCUT2D eigenvalue weighted by Gasteiger charge is 2.23. The van der Waals surface area contributed by atoms with Crippen LogP contribution >= 0.6 is 0 Å². The smallest absolute Gasteiger partial charge is 0.368 e. The van der Waals surface area contributed by atoms with E-state index in [0.29, 0.717) is 18.8 Å². The zero-order valence-electron chi connectivity index (χ0n) is 6.33. The van der Waals surface area contributed by atoms with Crippen LogP contribution in [0.5, 0.6) is 0 Å². The Morgan fingerprint density at radius 2 is 2.45 bits per heavy atom. The SMILES string of the molecule is C=C(C)C(=O)OOCC1CO1. The van der Waals surface area contributed by atoms with Gasteiger partial charge in [-0.1, -0.05) is 6.58 Å². The van der Waals surface area contributed by atoms with Gasteiger partial charge in [0, 0.05) is 5.57 Å².